The lowest BCUT2D eigenvalue weighted by atomic mass is 10.1. The third kappa shape index (κ3) is 2.23. The minimum atomic E-state index is -0.108. The fourth-order valence-corrected chi connectivity index (χ4v) is 1.70. The molecule has 0 radical (unpaired) electrons. The van der Waals surface area contributed by atoms with Crippen LogP contribution in [0.3, 0.4) is 0 Å². The van der Waals surface area contributed by atoms with E-state index in [0.29, 0.717) is 0 Å². The Hall–Kier alpha value is -1.80. The van der Waals surface area contributed by atoms with Crippen molar-refractivity contribution in [1.82, 2.24) is 0 Å². The van der Waals surface area contributed by atoms with E-state index in [1.165, 1.54) is 0 Å². The third-order valence-electron chi connectivity index (χ3n) is 2.72. The molecule has 0 saturated heterocycles. The van der Waals surface area contributed by atoms with Crippen molar-refractivity contribution in [2.24, 2.45) is 5.73 Å². The normalized spacial score (nSPS) is 12.1. The maximum atomic E-state index is 6.20. The smallest absolute Gasteiger partial charge is 0.103 e. The first kappa shape index (κ1) is 10.7. The van der Waals surface area contributed by atoms with Crippen molar-refractivity contribution in [3.63, 3.8) is 0 Å². The number of hydrogen-bond acceptors (Lipinski definition) is 2. The van der Waals surface area contributed by atoms with Crippen LogP contribution in [0.5, 0.6) is 0 Å². The molecule has 0 heterocycles. The Bertz CT molecular complexity index is 382. The molecule has 2 rings (SSSR count). The molecule has 82 valence electrons. The molecule has 0 amide bonds. The highest BCUT2D eigenvalue weighted by molar-refractivity contribution is 5.47. The number of nitrogens with two attached hydrogens (primary N) is 1. The van der Waals surface area contributed by atoms with Gasteiger partial charge in [-0.05, 0) is 17.7 Å². The average Bonchev–Trinajstić information content (AvgIpc) is 2.39. The van der Waals surface area contributed by atoms with Crippen molar-refractivity contribution in [2.75, 3.05) is 11.9 Å². The molecule has 2 heteroatoms. The Labute approximate surface area is 96.3 Å². The lowest BCUT2D eigenvalue weighted by Gasteiger charge is -2.27. The molecule has 0 aliphatic heterocycles. The molecule has 0 bridgehead atoms. The molecule has 1 atom stereocenters. The SMILES string of the molecule is CN(c1ccccc1)C(N)c1ccccc1. The molecule has 2 aromatic rings. The van der Waals surface area contributed by atoms with Crippen LogP contribution < -0.4 is 10.6 Å². The maximum absolute atomic E-state index is 6.20. The zero-order valence-electron chi connectivity index (χ0n) is 9.38. The van der Waals surface area contributed by atoms with Crippen molar-refractivity contribution in [2.45, 2.75) is 6.17 Å². The summed E-state index contributed by atoms with van der Waals surface area (Å²) in [5.41, 5.74) is 8.44. The van der Waals surface area contributed by atoms with Crippen LogP contribution in [0.1, 0.15) is 11.7 Å². The summed E-state index contributed by atoms with van der Waals surface area (Å²) in [5.74, 6) is 0. The van der Waals surface area contributed by atoms with Crippen LogP contribution in [0.4, 0.5) is 5.69 Å². The van der Waals surface area contributed by atoms with E-state index >= 15 is 0 Å². The molecule has 2 N–H and O–H groups in total. The van der Waals surface area contributed by atoms with Gasteiger partial charge in [-0.25, -0.2) is 0 Å². The zero-order chi connectivity index (χ0) is 11.4. The Morgan fingerprint density at radius 1 is 0.875 bits per heavy atom. The molecular formula is C14H16N2. The minimum Gasteiger partial charge on any atom is -0.355 e. The van der Waals surface area contributed by atoms with Crippen molar-refractivity contribution < 1.29 is 0 Å². The number of benzene rings is 2. The topological polar surface area (TPSA) is 29.3 Å². The molecule has 0 aromatic heterocycles. The molecule has 16 heavy (non-hydrogen) atoms. The number of rotatable bonds is 3. The van der Waals surface area contributed by atoms with Crippen LogP contribution in [0.25, 0.3) is 0 Å². The highest BCUT2D eigenvalue weighted by Gasteiger charge is 2.11. The number of anilines is 1. The highest BCUT2D eigenvalue weighted by Crippen LogP contribution is 2.20. The van der Waals surface area contributed by atoms with Crippen LogP contribution >= 0.6 is 0 Å². The number of nitrogens with zero attached hydrogens (tertiary/aromatic N) is 1. The molecule has 0 aliphatic carbocycles. The Morgan fingerprint density at radius 2 is 1.38 bits per heavy atom. The van der Waals surface area contributed by atoms with Gasteiger partial charge in [-0.1, -0.05) is 48.5 Å². The Morgan fingerprint density at radius 3 is 1.94 bits per heavy atom. The molecule has 0 saturated carbocycles. The van der Waals surface area contributed by atoms with Gasteiger partial charge in [-0.15, -0.1) is 0 Å². The highest BCUT2D eigenvalue weighted by atomic mass is 15.2. The third-order valence-corrected chi connectivity index (χ3v) is 2.72. The van der Waals surface area contributed by atoms with Gasteiger partial charge in [0.2, 0.25) is 0 Å². The molecular weight excluding hydrogens is 196 g/mol. The summed E-state index contributed by atoms with van der Waals surface area (Å²) in [7, 11) is 2.01. The van der Waals surface area contributed by atoms with Crippen molar-refractivity contribution in [3.05, 3.63) is 66.2 Å². The summed E-state index contributed by atoms with van der Waals surface area (Å²) >= 11 is 0. The lowest BCUT2D eigenvalue weighted by molar-refractivity contribution is 0.705. The van der Waals surface area contributed by atoms with Crippen molar-refractivity contribution in [1.29, 1.82) is 0 Å². The quantitative estimate of drug-likeness (QED) is 0.793. The van der Waals surface area contributed by atoms with E-state index in [1.54, 1.807) is 0 Å². The molecule has 0 fully saturated rings. The van der Waals surface area contributed by atoms with Gasteiger partial charge in [-0.3, -0.25) is 0 Å². The first-order valence-corrected chi connectivity index (χ1v) is 5.37. The first-order valence-electron chi connectivity index (χ1n) is 5.37. The Kier molecular flexibility index (Phi) is 3.22. The van der Waals surface area contributed by atoms with E-state index in [4.69, 9.17) is 5.73 Å². The van der Waals surface area contributed by atoms with Gasteiger partial charge >= 0.3 is 0 Å². The molecule has 0 spiro atoms. The van der Waals surface area contributed by atoms with Crippen LogP contribution in [-0.4, -0.2) is 7.05 Å². The van der Waals surface area contributed by atoms with E-state index in [1.807, 2.05) is 55.6 Å². The van der Waals surface area contributed by atoms with E-state index in [2.05, 4.69) is 17.0 Å². The summed E-state index contributed by atoms with van der Waals surface area (Å²) in [6, 6.07) is 20.3. The average molecular weight is 212 g/mol. The fraction of sp³-hybridized carbons (Fsp3) is 0.143. The maximum Gasteiger partial charge on any atom is 0.103 e. The van der Waals surface area contributed by atoms with E-state index < -0.39 is 0 Å². The predicted molar refractivity (Wildman–Crippen MR) is 68.2 cm³/mol. The number of hydrogen-bond donors (Lipinski definition) is 1. The van der Waals surface area contributed by atoms with E-state index in [9.17, 15) is 0 Å². The summed E-state index contributed by atoms with van der Waals surface area (Å²) in [5, 5.41) is 0. The van der Waals surface area contributed by atoms with Gasteiger partial charge in [-0.2, -0.15) is 0 Å². The van der Waals surface area contributed by atoms with Gasteiger partial charge in [0.15, 0.2) is 0 Å². The van der Waals surface area contributed by atoms with Gasteiger partial charge < -0.3 is 10.6 Å². The second-order valence-corrected chi connectivity index (χ2v) is 3.80. The van der Waals surface area contributed by atoms with E-state index in [0.717, 1.165) is 11.3 Å². The Balaban J connectivity index is 2.20. The van der Waals surface area contributed by atoms with Gasteiger partial charge in [0, 0.05) is 12.7 Å². The molecule has 2 aromatic carbocycles. The molecule has 1 unspecified atom stereocenters. The minimum absolute atomic E-state index is 0.108. The molecule has 0 aliphatic rings. The van der Waals surface area contributed by atoms with E-state index in [-0.39, 0.29) is 6.17 Å². The van der Waals surface area contributed by atoms with Gasteiger partial charge in [0.25, 0.3) is 0 Å². The summed E-state index contributed by atoms with van der Waals surface area (Å²) in [4.78, 5) is 2.06. The van der Waals surface area contributed by atoms with Crippen LogP contribution in [-0.2, 0) is 0 Å². The predicted octanol–water partition coefficient (Wildman–Crippen LogP) is 2.78. The monoisotopic (exact) mass is 212 g/mol. The largest absolute Gasteiger partial charge is 0.355 e. The molecule has 2 nitrogen and oxygen atoms in total. The van der Waals surface area contributed by atoms with Gasteiger partial charge in [0.1, 0.15) is 6.17 Å². The number of para-hydroxylation sites is 1. The first-order chi connectivity index (χ1) is 7.79. The van der Waals surface area contributed by atoms with Crippen molar-refractivity contribution >= 4 is 5.69 Å². The second-order valence-electron chi connectivity index (χ2n) is 3.80. The van der Waals surface area contributed by atoms with Gasteiger partial charge in [0.05, 0.1) is 0 Å². The van der Waals surface area contributed by atoms with Crippen LogP contribution in [0, 0.1) is 0 Å². The zero-order valence-corrected chi connectivity index (χ0v) is 9.38. The van der Waals surface area contributed by atoms with Crippen LogP contribution in [0.15, 0.2) is 60.7 Å². The fourth-order valence-electron chi connectivity index (χ4n) is 1.70. The summed E-state index contributed by atoms with van der Waals surface area (Å²) in [6.45, 7) is 0. The lowest BCUT2D eigenvalue weighted by Crippen LogP contribution is -2.30. The van der Waals surface area contributed by atoms with Crippen LogP contribution in [0.2, 0.25) is 0 Å². The summed E-state index contributed by atoms with van der Waals surface area (Å²) < 4.78 is 0. The standard InChI is InChI=1S/C14H16N2/c1-16(13-10-6-3-7-11-13)14(15)12-8-4-2-5-9-12/h2-11,14H,15H2,1H3. The summed E-state index contributed by atoms with van der Waals surface area (Å²) in [6.07, 6.45) is -0.108. The second kappa shape index (κ2) is 4.81. The van der Waals surface area contributed by atoms with Crippen molar-refractivity contribution in [3.8, 4) is 0 Å².